The van der Waals surface area contributed by atoms with E-state index in [1.807, 2.05) is 6.08 Å². The van der Waals surface area contributed by atoms with Crippen LogP contribution in [0, 0.1) is 29.6 Å². The first-order chi connectivity index (χ1) is 36.3. The highest BCUT2D eigenvalue weighted by atomic mass is 16.8. The van der Waals surface area contributed by atoms with Crippen LogP contribution in [-0.4, -0.2) is 151 Å². The van der Waals surface area contributed by atoms with E-state index in [-0.39, 0.29) is 75.7 Å². The summed E-state index contributed by atoms with van der Waals surface area (Å²) in [5.41, 5.74) is -8.18. The van der Waals surface area contributed by atoms with Crippen molar-refractivity contribution in [2.75, 3.05) is 6.61 Å². The van der Waals surface area contributed by atoms with Crippen molar-refractivity contribution in [1.29, 1.82) is 0 Å². The number of esters is 1. The molecule has 2 spiro atoms. The molecule has 1 unspecified atom stereocenters. The van der Waals surface area contributed by atoms with Crippen LogP contribution in [0.25, 0.3) is 22.3 Å². The topological polar surface area (TPSA) is 364 Å². The number of dihydropyridines is 1. The number of fused-ring (bicyclic) bond motifs is 10. The Balaban J connectivity index is 1.12. The van der Waals surface area contributed by atoms with Gasteiger partial charge in [-0.25, -0.2) is 9.59 Å². The molecular weight excluding hydrogens is 995 g/mol. The number of aromatic hydroxyl groups is 3. The van der Waals surface area contributed by atoms with Gasteiger partial charge in [-0.05, 0) is 60.9 Å². The first-order valence-corrected chi connectivity index (χ1v) is 24.8. The number of hydrogen-bond donors (Lipinski definition) is 14. The standard InChI is InChI=1S/C54H51N3O19/c58-13-8-25-14-26(17-34(60)40(25)61)35-20-33(59)39-36(72-35)21-37-38(41(39)62)30(27-16-31-24-4-1-6-29(15-24)57-47(31)56-22-27)18-28-19-32-23(7-12-55-32)5-2-10-52(71)45(66)46(67)54(28,74-37)76-53(52)11-3-9-51(49(68)69)44(65)42(63)43(64)48(75-51)73-50(53)70/h7,12,14,16-18,20-22,24,29-30,42-48,55-58,60-67,71H,1,4,6,8,10-11,13,15,19H2,(H,68,69)/t24-,29+,30+,42-,43-,44+,45-,46-,47?,48+,51+,52+,53-,54+/m1/s1. The predicted octanol–water partition coefficient (Wildman–Crippen LogP) is -0.127. The Bertz CT molecular complexity index is 3450. The molecule has 13 rings (SSSR count). The minimum atomic E-state index is -3.14. The second-order valence-corrected chi connectivity index (χ2v) is 20.6. The maximum atomic E-state index is 15.3. The Hall–Kier alpha value is -7.19. The van der Waals surface area contributed by atoms with Gasteiger partial charge in [0.1, 0.15) is 58.2 Å². The first-order valence-electron chi connectivity index (χ1n) is 24.8. The number of aromatic amines is 1. The van der Waals surface area contributed by atoms with Crippen molar-refractivity contribution in [3.8, 4) is 58.0 Å². The average Bonchev–Trinajstić information content (AvgIpc) is 3.89. The number of H-pyrrole nitrogens is 1. The van der Waals surface area contributed by atoms with Gasteiger partial charge in [0.15, 0.2) is 23.0 Å². The van der Waals surface area contributed by atoms with Crippen LogP contribution in [-0.2, 0) is 36.6 Å². The third-order valence-electron chi connectivity index (χ3n) is 16.3. The summed E-state index contributed by atoms with van der Waals surface area (Å²) in [7, 11) is 0. The lowest BCUT2D eigenvalue weighted by molar-refractivity contribution is -0.378. The summed E-state index contributed by atoms with van der Waals surface area (Å²) < 4.78 is 31.4. The molecule has 4 fully saturated rings. The van der Waals surface area contributed by atoms with Crippen LogP contribution in [0.2, 0.25) is 0 Å². The quantitative estimate of drug-likeness (QED) is 0.0536. The zero-order valence-corrected chi connectivity index (χ0v) is 40.0. The Labute approximate surface area is 430 Å². The Morgan fingerprint density at radius 3 is 2.54 bits per heavy atom. The first kappa shape index (κ1) is 49.7. The van der Waals surface area contributed by atoms with Crippen molar-refractivity contribution < 1.29 is 89.1 Å². The normalized spacial score (nSPS) is 36.0. The number of phenols is 3. The predicted molar refractivity (Wildman–Crippen MR) is 258 cm³/mol. The number of rotatable bonds is 5. The zero-order valence-electron chi connectivity index (χ0n) is 40.0. The van der Waals surface area contributed by atoms with Gasteiger partial charge in [0, 0.05) is 89.5 Å². The van der Waals surface area contributed by atoms with Gasteiger partial charge in [0.25, 0.3) is 11.4 Å². The van der Waals surface area contributed by atoms with E-state index in [0.717, 1.165) is 43.4 Å². The number of aliphatic carboxylic acids is 1. The summed E-state index contributed by atoms with van der Waals surface area (Å²) >= 11 is 0. The fraction of sp³-hybridized carbons (Fsp3) is 0.426. The molecule has 2 aromatic heterocycles. The fourth-order valence-electron chi connectivity index (χ4n) is 12.3. The number of allylic oxidation sites excluding steroid dienone is 3. The van der Waals surface area contributed by atoms with Crippen LogP contribution < -0.4 is 20.8 Å². The summed E-state index contributed by atoms with van der Waals surface area (Å²) in [5, 5.41) is 133. The summed E-state index contributed by atoms with van der Waals surface area (Å²) in [5.74, 6) is 0.472. The highest BCUT2D eigenvalue weighted by molar-refractivity contribution is 5.90. The van der Waals surface area contributed by atoms with E-state index in [4.69, 9.17) is 23.4 Å². The molecule has 1 saturated carbocycles. The van der Waals surface area contributed by atoms with Crippen molar-refractivity contribution in [3.63, 3.8) is 0 Å². The minimum Gasteiger partial charge on any atom is -0.507 e. The van der Waals surface area contributed by atoms with Gasteiger partial charge in [-0.3, -0.25) is 10.1 Å². The van der Waals surface area contributed by atoms with Crippen LogP contribution in [0.1, 0.15) is 66.8 Å². The van der Waals surface area contributed by atoms with Crippen molar-refractivity contribution >= 4 is 22.9 Å². The molecular formula is C54H51N3O19. The smallest absolute Gasteiger partial charge is 0.351 e. The molecule has 4 aromatic rings. The molecule has 0 radical (unpaired) electrons. The summed E-state index contributed by atoms with van der Waals surface area (Å²) in [6, 6.07) is 6.66. The number of aliphatic hydroxyl groups excluding tert-OH is 6. The molecule has 22 heteroatoms. The molecule has 14 atom stereocenters. The number of carboxylic acids is 1. The monoisotopic (exact) mass is 1050 g/mol. The van der Waals surface area contributed by atoms with E-state index in [1.54, 1.807) is 24.5 Å². The number of hydrogen-bond acceptors (Lipinski definition) is 20. The van der Waals surface area contributed by atoms with E-state index in [1.165, 1.54) is 12.1 Å². The maximum Gasteiger partial charge on any atom is 0.351 e. The molecule has 0 amide bonds. The van der Waals surface area contributed by atoms with E-state index in [0.29, 0.717) is 16.8 Å². The molecule has 9 aliphatic rings. The Morgan fingerprint density at radius 1 is 0.934 bits per heavy atom. The molecule has 14 N–H and O–H groups in total. The molecule has 9 heterocycles. The highest BCUT2D eigenvalue weighted by Gasteiger charge is 2.75. The van der Waals surface area contributed by atoms with Crippen LogP contribution in [0.15, 0.2) is 80.8 Å². The number of phenolic OH excluding ortho intramolecular Hbond substituents is 3. The van der Waals surface area contributed by atoms with E-state index >= 15 is 4.79 Å². The molecule has 76 heavy (non-hydrogen) atoms. The van der Waals surface area contributed by atoms with Gasteiger partial charge in [-0.2, -0.15) is 0 Å². The summed E-state index contributed by atoms with van der Waals surface area (Å²) in [6.07, 6.45) is -6.62. The zero-order chi connectivity index (χ0) is 53.4. The lowest BCUT2D eigenvalue weighted by Gasteiger charge is -2.57. The van der Waals surface area contributed by atoms with Crippen molar-refractivity contribution in [2.45, 2.75) is 129 Å². The van der Waals surface area contributed by atoms with Crippen molar-refractivity contribution in [2.24, 2.45) is 5.92 Å². The number of carbonyl (C=O) groups is 2. The number of aliphatic hydroxyl groups is 7. The molecule has 2 aliphatic carbocycles. The van der Waals surface area contributed by atoms with Crippen molar-refractivity contribution in [3.05, 3.63) is 104 Å². The van der Waals surface area contributed by atoms with Crippen LogP contribution in [0.5, 0.6) is 23.0 Å². The van der Waals surface area contributed by atoms with E-state index in [2.05, 4.69) is 39.3 Å². The van der Waals surface area contributed by atoms with Gasteiger partial charge >= 0.3 is 11.9 Å². The Morgan fingerprint density at radius 2 is 1.75 bits per heavy atom. The number of benzene rings is 2. The third-order valence-corrected chi connectivity index (χ3v) is 16.3. The number of carboxylic acid groups (broad SMARTS) is 1. The van der Waals surface area contributed by atoms with Gasteiger partial charge in [0.2, 0.25) is 11.9 Å². The molecule has 2 aromatic carbocycles. The maximum absolute atomic E-state index is 15.3. The second-order valence-electron chi connectivity index (χ2n) is 20.6. The summed E-state index contributed by atoms with van der Waals surface area (Å²) in [4.78, 5) is 45.8. The average molecular weight is 1050 g/mol. The van der Waals surface area contributed by atoms with Crippen LogP contribution >= 0.6 is 0 Å². The molecule has 396 valence electrons. The van der Waals surface area contributed by atoms with Crippen molar-refractivity contribution in [1.82, 2.24) is 15.6 Å². The van der Waals surface area contributed by atoms with E-state index < -0.39 is 119 Å². The molecule has 3 saturated heterocycles. The largest absolute Gasteiger partial charge is 0.507 e. The third kappa shape index (κ3) is 7.18. The number of nitrogens with one attached hydrogen (secondary N) is 3. The molecule has 22 nitrogen and oxygen atoms in total. The Kier molecular flexibility index (Phi) is 11.6. The molecule has 7 aliphatic heterocycles. The highest BCUT2D eigenvalue weighted by Crippen LogP contribution is 2.57. The van der Waals surface area contributed by atoms with Crippen LogP contribution in [0.3, 0.4) is 0 Å². The van der Waals surface area contributed by atoms with Gasteiger partial charge in [-0.1, -0.05) is 42.3 Å². The lowest BCUT2D eigenvalue weighted by Crippen LogP contribution is -2.80. The van der Waals surface area contributed by atoms with E-state index in [9.17, 15) is 65.8 Å². The lowest BCUT2D eigenvalue weighted by atomic mass is 9.67. The second kappa shape index (κ2) is 17.7. The number of ether oxygens (including phenoxy) is 4. The van der Waals surface area contributed by atoms with Crippen LogP contribution in [0.4, 0.5) is 0 Å². The number of piperidine rings is 1. The van der Waals surface area contributed by atoms with Gasteiger partial charge in [0.05, 0.1) is 12.6 Å². The SMILES string of the molecule is O=C(O)[C@@]12C#CC[C@@]3(O[C@@]45Oc6cc7oc(-c8cc(O)c(O)c(CCO)c8)cc(=O)c7c(O)c6[C@H](C6=CNC7N[C@H]8CCC[C@H](C8)C7=C6)C=C4Cc4[nH]ccc4C#CC[C@]3(O)[C@H](O)[C@H]5O)C(=O)O[C@@H](O1)[C@H](O)[C@@H](O)[C@@H]2O. The van der Waals surface area contributed by atoms with Gasteiger partial charge in [-0.15, -0.1) is 0 Å². The molecule has 6 bridgehead atoms. The fourth-order valence-corrected chi connectivity index (χ4v) is 12.3. The number of carbonyl (C=O) groups excluding carboxylic acids is 1. The van der Waals surface area contributed by atoms with Gasteiger partial charge < -0.3 is 89.8 Å². The minimum absolute atomic E-state index is 0.0741. The number of aromatic nitrogens is 1. The summed E-state index contributed by atoms with van der Waals surface area (Å²) in [6.45, 7) is -0.412.